The molecule has 0 saturated carbocycles. The van der Waals surface area contributed by atoms with Gasteiger partial charge in [0.2, 0.25) is 5.91 Å². The maximum absolute atomic E-state index is 11.8. The lowest BCUT2D eigenvalue weighted by molar-refractivity contribution is -0.122. The van der Waals surface area contributed by atoms with E-state index in [2.05, 4.69) is 33.0 Å². The monoisotopic (exact) mass is 272 g/mol. The first kappa shape index (κ1) is 18.4. The van der Waals surface area contributed by atoms with Crippen molar-refractivity contribution in [3.05, 3.63) is 0 Å². The van der Waals surface area contributed by atoms with Crippen LogP contribution < -0.4 is 11.1 Å². The van der Waals surface area contributed by atoms with Crippen molar-refractivity contribution in [2.45, 2.75) is 59.5 Å². The molecular formula is C15H32N2O2. The molecule has 0 bridgehead atoms. The van der Waals surface area contributed by atoms with Crippen LogP contribution in [0.5, 0.6) is 0 Å². The second-order valence-corrected chi connectivity index (χ2v) is 5.88. The largest absolute Gasteiger partial charge is 0.391 e. The molecule has 0 aliphatic heterocycles. The van der Waals surface area contributed by atoms with Crippen molar-refractivity contribution in [2.75, 3.05) is 13.1 Å². The summed E-state index contributed by atoms with van der Waals surface area (Å²) in [6.45, 7) is 9.29. The van der Waals surface area contributed by atoms with E-state index in [1.165, 1.54) is 0 Å². The normalized spacial score (nSPS) is 14.7. The van der Waals surface area contributed by atoms with Crippen LogP contribution in [0.25, 0.3) is 0 Å². The highest BCUT2D eigenvalue weighted by atomic mass is 16.3. The van der Waals surface area contributed by atoms with E-state index < -0.39 is 6.10 Å². The fourth-order valence-corrected chi connectivity index (χ4v) is 2.48. The van der Waals surface area contributed by atoms with Crippen molar-refractivity contribution in [1.29, 1.82) is 0 Å². The third-order valence-electron chi connectivity index (χ3n) is 3.71. The molecule has 4 heteroatoms. The molecule has 0 aromatic rings. The van der Waals surface area contributed by atoms with Crippen LogP contribution >= 0.6 is 0 Å². The molecule has 19 heavy (non-hydrogen) atoms. The van der Waals surface area contributed by atoms with Crippen LogP contribution in [0, 0.1) is 17.8 Å². The van der Waals surface area contributed by atoms with Gasteiger partial charge in [0.1, 0.15) is 0 Å². The van der Waals surface area contributed by atoms with Gasteiger partial charge in [0, 0.05) is 13.0 Å². The average molecular weight is 272 g/mol. The highest BCUT2D eigenvalue weighted by Gasteiger charge is 2.18. The molecule has 0 spiro atoms. The lowest BCUT2D eigenvalue weighted by Crippen LogP contribution is -2.37. The fourth-order valence-electron chi connectivity index (χ4n) is 2.48. The number of hydrogen-bond donors (Lipinski definition) is 3. The molecule has 0 aromatic carbocycles. The van der Waals surface area contributed by atoms with Crippen LogP contribution in [0.15, 0.2) is 0 Å². The summed E-state index contributed by atoms with van der Waals surface area (Å²) in [5, 5.41) is 12.8. The summed E-state index contributed by atoms with van der Waals surface area (Å²) in [4.78, 5) is 11.8. The molecule has 1 amide bonds. The van der Waals surface area contributed by atoms with E-state index in [0.29, 0.717) is 25.4 Å². The number of amides is 1. The molecule has 0 radical (unpaired) electrons. The van der Waals surface area contributed by atoms with E-state index in [-0.39, 0.29) is 17.7 Å². The molecule has 2 atom stereocenters. The highest BCUT2D eigenvalue weighted by Crippen LogP contribution is 2.15. The zero-order valence-corrected chi connectivity index (χ0v) is 13.0. The number of carbonyl (C=O) groups excluding carboxylic acids is 1. The molecule has 1 unspecified atom stereocenters. The Labute approximate surface area is 118 Å². The molecule has 0 aliphatic carbocycles. The van der Waals surface area contributed by atoms with E-state index in [0.717, 1.165) is 19.3 Å². The standard InChI is InChI=1S/C15H32N2O2/c1-5-13(6-2)14(18)10-17-15(19)8-12(9-16)7-11(3)4/h11-14,18H,5-10,16H2,1-4H3,(H,17,19)/t12-,14?/m0/s1. The molecule has 4 nitrogen and oxygen atoms in total. The van der Waals surface area contributed by atoms with Crippen LogP contribution in [0.1, 0.15) is 53.4 Å². The predicted octanol–water partition coefficient (Wildman–Crippen LogP) is 1.91. The summed E-state index contributed by atoms with van der Waals surface area (Å²) < 4.78 is 0. The van der Waals surface area contributed by atoms with Gasteiger partial charge in [-0.2, -0.15) is 0 Å². The number of rotatable bonds is 10. The Morgan fingerprint density at radius 3 is 2.26 bits per heavy atom. The lowest BCUT2D eigenvalue weighted by atomic mass is 9.93. The SMILES string of the molecule is CCC(CC)C(O)CNC(=O)C[C@@H](CN)CC(C)C. The first-order valence-electron chi connectivity index (χ1n) is 7.59. The zero-order valence-electron chi connectivity index (χ0n) is 13.0. The van der Waals surface area contributed by atoms with Gasteiger partial charge in [-0.3, -0.25) is 4.79 Å². The number of nitrogens with one attached hydrogen (secondary N) is 1. The molecule has 0 rings (SSSR count). The van der Waals surface area contributed by atoms with Gasteiger partial charge in [-0.05, 0) is 30.7 Å². The minimum Gasteiger partial charge on any atom is -0.391 e. The molecule has 114 valence electrons. The maximum Gasteiger partial charge on any atom is 0.220 e. The summed E-state index contributed by atoms with van der Waals surface area (Å²) in [6, 6.07) is 0. The second-order valence-electron chi connectivity index (χ2n) is 5.88. The van der Waals surface area contributed by atoms with Crippen LogP contribution in [-0.2, 0) is 4.79 Å². The van der Waals surface area contributed by atoms with Crippen molar-refractivity contribution in [3.63, 3.8) is 0 Å². The molecule has 0 heterocycles. The van der Waals surface area contributed by atoms with Gasteiger partial charge in [0.05, 0.1) is 6.10 Å². The van der Waals surface area contributed by atoms with Crippen molar-refractivity contribution >= 4 is 5.91 Å². The Bertz CT molecular complexity index is 240. The summed E-state index contributed by atoms with van der Waals surface area (Å²) in [5.74, 6) is 1.06. The minimum absolute atomic E-state index is 0.00102. The Kier molecular flexibility index (Phi) is 9.88. The van der Waals surface area contributed by atoms with Crippen LogP contribution in [-0.4, -0.2) is 30.2 Å². The van der Waals surface area contributed by atoms with Gasteiger partial charge in [-0.1, -0.05) is 40.5 Å². The summed E-state index contributed by atoms with van der Waals surface area (Å²) in [5.41, 5.74) is 5.69. The van der Waals surface area contributed by atoms with Crippen molar-refractivity contribution < 1.29 is 9.90 Å². The van der Waals surface area contributed by atoms with Crippen molar-refractivity contribution in [3.8, 4) is 0 Å². The van der Waals surface area contributed by atoms with E-state index >= 15 is 0 Å². The quantitative estimate of drug-likeness (QED) is 0.568. The fraction of sp³-hybridized carbons (Fsp3) is 0.933. The molecule has 0 aromatic heterocycles. The number of hydrogen-bond acceptors (Lipinski definition) is 3. The predicted molar refractivity (Wildman–Crippen MR) is 79.7 cm³/mol. The number of aliphatic hydroxyl groups excluding tert-OH is 1. The van der Waals surface area contributed by atoms with Crippen LogP contribution in [0.4, 0.5) is 0 Å². The van der Waals surface area contributed by atoms with Crippen molar-refractivity contribution in [1.82, 2.24) is 5.32 Å². The smallest absolute Gasteiger partial charge is 0.220 e. The highest BCUT2D eigenvalue weighted by molar-refractivity contribution is 5.76. The molecule has 0 saturated heterocycles. The Morgan fingerprint density at radius 1 is 1.26 bits per heavy atom. The molecular weight excluding hydrogens is 240 g/mol. The number of carbonyl (C=O) groups is 1. The van der Waals surface area contributed by atoms with Gasteiger partial charge in [-0.15, -0.1) is 0 Å². The second kappa shape index (κ2) is 10.2. The van der Waals surface area contributed by atoms with Gasteiger partial charge >= 0.3 is 0 Å². The van der Waals surface area contributed by atoms with E-state index in [1.807, 2.05) is 0 Å². The number of aliphatic hydroxyl groups is 1. The minimum atomic E-state index is -0.444. The third kappa shape index (κ3) is 8.22. The first-order valence-corrected chi connectivity index (χ1v) is 7.59. The maximum atomic E-state index is 11.8. The van der Waals surface area contributed by atoms with E-state index in [9.17, 15) is 9.90 Å². The van der Waals surface area contributed by atoms with Gasteiger partial charge < -0.3 is 16.2 Å². The molecule has 4 N–H and O–H groups in total. The van der Waals surface area contributed by atoms with Crippen molar-refractivity contribution in [2.24, 2.45) is 23.5 Å². The summed E-state index contributed by atoms with van der Waals surface area (Å²) in [6.07, 6.45) is 2.86. The number of nitrogens with two attached hydrogens (primary N) is 1. The summed E-state index contributed by atoms with van der Waals surface area (Å²) >= 11 is 0. The van der Waals surface area contributed by atoms with Gasteiger partial charge in [0.25, 0.3) is 0 Å². The molecule has 0 aliphatic rings. The Morgan fingerprint density at radius 2 is 1.84 bits per heavy atom. The Hall–Kier alpha value is -0.610. The van der Waals surface area contributed by atoms with Crippen LogP contribution in [0.3, 0.4) is 0 Å². The van der Waals surface area contributed by atoms with Crippen LogP contribution in [0.2, 0.25) is 0 Å². The first-order chi connectivity index (χ1) is 8.94. The summed E-state index contributed by atoms with van der Waals surface area (Å²) in [7, 11) is 0. The van der Waals surface area contributed by atoms with Gasteiger partial charge in [-0.25, -0.2) is 0 Å². The van der Waals surface area contributed by atoms with Gasteiger partial charge in [0.15, 0.2) is 0 Å². The Balaban J connectivity index is 4.03. The third-order valence-corrected chi connectivity index (χ3v) is 3.71. The van der Waals surface area contributed by atoms with E-state index in [1.54, 1.807) is 0 Å². The average Bonchev–Trinajstić information content (AvgIpc) is 2.36. The lowest BCUT2D eigenvalue weighted by Gasteiger charge is -2.21. The molecule has 0 fully saturated rings. The van der Waals surface area contributed by atoms with E-state index in [4.69, 9.17) is 5.73 Å². The topological polar surface area (TPSA) is 75.3 Å². The zero-order chi connectivity index (χ0) is 14.8.